The lowest BCUT2D eigenvalue weighted by Gasteiger charge is -2.18. The maximum Gasteiger partial charge on any atom is 0.286 e. The number of methoxy groups -OCH3 is 1. The van der Waals surface area contributed by atoms with Gasteiger partial charge in [0.05, 0.1) is 35.3 Å². The summed E-state index contributed by atoms with van der Waals surface area (Å²) in [6.45, 7) is 2.27. The van der Waals surface area contributed by atoms with Crippen LogP contribution in [0.1, 0.15) is 22.8 Å². The number of para-hydroxylation sites is 1. The Balaban J connectivity index is 1.70. The van der Waals surface area contributed by atoms with E-state index in [0.717, 1.165) is 21.8 Å². The van der Waals surface area contributed by atoms with Gasteiger partial charge in [-0.1, -0.05) is 24.3 Å². The SMILES string of the molecule is CCOc1cc([N+](=O)[O-])c(C(=O)N(C)Cc2cn(-c3ccccc3)nc2-c2cccs2)cc1OC. The number of ether oxygens (including phenoxy) is 2. The number of rotatable bonds is 9. The zero-order chi connectivity index (χ0) is 24.9. The Hall–Kier alpha value is -4.18. The molecule has 0 bridgehead atoms. The fourth-order valence-corrected chi connectivity index (χ4v) is 4.44. The molecule has 2 aromatic heterocycles. The minimum absolute atomic E-state index is 0.0778. The molecule has 35 heavy (non-hydrogen) atoms. The number of thiophene rings is 1. The predicted octanol–water partition coefficient (Wildman–Crippen LogP) is 5.19. The summed E-state index contributed by atoms with van der Waals surface area (Å²) in [5.74, 6) is -0.0435. The summed E-state index contributed by atoms with van der Waals surface area (Å²) in [7, 11) is 3.03. The normalized spacial score (nSPS) is 10.7. The number of carbonyl (C=O) groups excluding carboxylic acids is 1. The number of aromatic nitrogens is 2. The fourth-order valence-electron chi connectivity index (χ4n) is 3.69. The minimum atomic E-state index is -0.590. The number of nitrogens with zero attached hydrogens (tertiary/aromatic N) is 4. The molecule has 1 amide bonds. The Morgan fingerprint density at radius 3 is 2.57 bits per heavy atom. The molecule has 0 radical (unpaired) electrons. The zero-order valence-corrected chi connectivity index (χ0v) is 20.3. The Kier molecular flexibility index (Phi) is 7.11. The second-order valence-electron chi connectivity index (χ2n) is 7.63. The van der Waals surface area contributed by atoms with E-state index in [-0.39, 0.29) is 29.3 Å². The predicted molar refractivity (Wildman–Crippen MR) is 133 cm³/mol. The van der Waals surface area contributed by atoms with Crippen molar-refractivity contribution in [2.75, 3.05) is 20.8 Å². The van der Waals surface area contributed by atoms with Crippen LogP contribution in [0.4, 0.5) is 5.69 Å². The molecule has 0 spiro atoms. The van der Waals surface area contributed by atoms with Gasteiger partial charge in [0.2, 0.25) is 0 Å². The molecule has 10 heteroatoms. The van der Waals surface area contributed by atoms with E-state index in [1.807, 2.05) is 54.0 Å². The molecular weight excluding hydrogens is 468 g/mol. The highest BCUT2D eigenvalue weighted by atomic mass is 32.1. The van der Waals surface area contributed by atoms with Gasteiger partial charge in [0, 0.05) is 31.4 Å². The Morgan fingerprint density at radius 1 is 1.17 bits per heavy atom. The molecule has 4 rings (SSSR count). The third-order valence-corrected chi connectivity index (χ3v) is 6.21. The van der Waals surface area contributed by atoms with Gasteiger partial charge in [-0.15, -0.1) is 11.3 Å². The number of hydrogen-bond donors (Lipinski definition) is 0. The number of carbonyl (C=O) groups is 1. The summed E-state index contributed by atoms with van der Waals surface area (Å²) in [4.78, 5) is 27.0. The van der Waals surface area contributed by atoms with Crippen LogP contribution in [0.25, 0.3) is 16.3 Å². The van der Waals surface area contributed by atoms with Gasteiger partial charge in [0.15, 0.2) is 11.5 Å². The van der Waals surface area contributed by atoms with E-state index in [0.29, 0.717) is 6.61 Å². The molecule has 0 N–H and O–H groups in total. The van der Waals surface area contributed by atoms with Crippen molar-refractivity contribution in [3.05, 3.63) is 87.4 Å². The third kappa shape index (κ3) is 5.02. The van der Waals surface area contributed by atoms with E-state index >= 15 is 0 Å². The first-order valence-corrected chi connectivity index (χ1v) is 11.7. The summed E-state index contributed by atoms with van der Waals surface area (Å²) in [5, 5.41) is 18.5. The lowest BCUT2D eigenvalue weighted by Crippen LogP contribution is -2.27. The Bertz CT molecular complexity index is 1340. The number of amides is 1. The standard InChI is InChI=1S/C25H24N4O5S/c1-4-34-22-14-20(29(31)32)19(13-21(22)33-3)25(30)27(2)15-17-16-28(18-9-6-5-7-10-18)26-24(17)23-11-8-12-35-23/h5-14,16H,4,15H2,1-3H3. The fraction of sp³-hybridized carbons (Fsp3) is 0.200. The molecule has 9 nitrogen and oxygen atoms in total. The molecular formula is C25H24N4O5S. The monoisotopic (exact) mass is 492 g/mol. The molecule has 0 aliphatic heterocycles. The lowest BCUT2D eigenvalue weighted by atomic mass is 10.1. The van der Waals surface area contributed by atoms with Crippen molar-refractivity contribution in [3.63, 3.8) is 0 Å². The van der Waals surface area contributed by atoms with Crippen molar-refractivity contribution in [3.8, 4) is 27.8 Å². The third-order valence-electron chi connectivity index (χ3n) is 5.33. The van der Waals surface area contributed by atoms with E-state index < -0.39 is 10.8 Å². The molecule has 0 aliphatic rings. The summed E-state index contributed by atoms with van der Waals surface area (Å²) in [6, 6.07) is 16.2. The van der Waals surface area contributed by atoms with E-state index in [4.69, 9.17) is 14.6 Å². The summed E-state index contributed by atoms with van der Waals surface area (Å²) < 4.78 is 12.5. The van der Waals surface area contributed by atoms with E-state index in [1.54, 1.807) is 30.0 Å². The average molecular weight is 493 g/mol. The van der Waals surface area contributed by atoms with Crippen LogP contribution in [-0.2, 0) is 6.54 Å². The van der Waals surface area contributed by atoms with Crippen molar-refractivity contribution in [1.29, 1.82) is 0 Å². The van der Waals surface area contributed by atoms with Crippen LogP contribution >= 0.6 is 11.3 Å². The highest BCUT2D eigenvalue weighted by Crippen LogP contribution is 2.36. The quantitative estimate of drug-likeness (QED) is 0.236. The van der Waals surface area contributed by atoms with Crippen molar-refractivity contribution in [1.82, 2.24) is 14.7 Å². The second-order valence-corrected chi connectivity index (χ2v) is 8.58. The molecule has 0 saturated heterocycles. The van der Waals surface area contributed by atoms with Gasteiger partial charge in [-0.3, -0.25) is 14.9 Å². The Morgan fingerprint density at radius 2 is 1.94 bits per heavy atom. The smallest absolute Gasteiger partial charge is 0.286 e. The van der Waals surface area contributed by atoms with Crippen molar-refractivity contribution < 1.29 is 19.2 Å². The van der Waals surface area contributed by atoms with Crippen LogP contribution in [0.5, 0.6) is 11.5 Å². The molecule has 2 aromatic carbocycles. The van der Waals surface area contributed by atoms with E-state index in [2.05, 4.69) is 0 Å². The molecule has 0 fully saturated rings. The number of benzene rings is 2. The minimum Gasteiger partial charge on any atom is -0.493 e. The second kappa shape index (κ2) is 10.4. The van der Waals surface area contributed by atoms with Crippen LogP contribution in [0.3, 0.4) is 0 Å². The maximum absolute atomic E-state index is 13.4. The topological polar surface area (TPSA) is 99.7 Å². The molecule has 0 aliphatic carbocycles. The van der Waals surface area contributed by atoms with Crippen molar-refractivity contribution in [2.24, 2.45) is 0 Å². The van der Waals surface area contributed by atoms with Gasteiger partial charge in [-0.05, 0) is 30.5 Å². The molecule has 0 saturated carbocycles. The van der Waals surface area contributed by atoms with E-state index in [9.17, 15) is 14.9 Å². The van der Waals surface area contributed by atoms with E-state index in [1.165, 1.54) is 24.1 Å². The van der Waals surface area contributed by atoms with Crippen LogP contribution in [0.2, 0.25) is 0 Å². The summed E-state index contributed by atoms with van der Waals surface area (Å²) in [6.07, 6.45) is 1.88. The first kappa shape index (κ1) is 24.0. The van der Waals surface area contributed by atoms with Gasteiger partial charge in [-0.25, -0.2) is 4.68 Å². The maximum atomic E-state index is 13.4. The molecule has 2 heterocycles. The van der Waals surface area contributed by atoms with Crippen molar-refractivity contribution >= 4 is 22.9 Å². The number of nitro groups is 1. The number of nitro benzene ring substituents is 1. The highest BCUT2D eigenvalue weighted by Gasteiger charge is 2.28. The van der Waals surface area contributed by atoms with Gasteiger partial charge in [0.1, 0.15) is 11.3 Å². The van der Waals surface area contributed by atoms with Crippen LogP contribution in [0, 0.1) is 10.1 Å². The lowest BCUT2D eigenvalue weighted by molar-refractivity contribution is -0.385. The highest BCUT2D eigenvalue weighted by molar-refractivity contribution is 7.13. The first-order chi connectivity index (χ1) is 16.9. The summed E-state index contributed by atoms with van der Waals surface area (Å²) in [5.41, 5.74) is 2.03. The largest absolute Gasteiger partial charge is 0.493 e. The molecule has 0 atom stereocenters. The van der Waals surface area contributed by atoms with Gasteiger partial charge < -0.3 is 14.4 Å². The van der Waals surface area contributed by atoms with Gasteiger partial charge in [-0.2, -0.15) is 5.10 Å². The zero-order valence-electron chi connectivity index (χ0n) is 19.5. The van der Waals surface area contributed by atoms with Gasteiger partial charge in [0.25, 0.3) is 11.6 Å². The van der Waals surface area contributed by atoms with Gasteiger partial charge >= 0.3 is 0 Å². The van der Waals surface area contributed by atoms with Crippen molar-refractivity contribution in [2.45, 2.75) is 13.5 Å². The van der Waals surface area contributed by atoms with Crippen LogP contribution in [0.15, 0.2) is 66.2 Å². The van der Waals surface area contributed by atoms with Crippen LogP contribution < -0.4 is 9.47 Å². The molecule has 180 valence electrons. The Labute approximate surface area is 206 Å². The molecule has 0 unspecified atom stereocenters. The van der Waals surface area contributed by atoms with Crippen LogP contribution in [-0.4, -0.2) is 46.3 Å². The number of hydrogen-bond acceptors (Lipinski definition) is 7. The average Bonchev–Trinajstić information content (AvgIpc) is 3.54. The summed E-state index contributed by atoms with van der Waals surface area (Å²) >= 11 is 1.55. The first-order valence-electron chi connectivity index (χ1n) is 10.9. The molecule has 4 aromatic rings.